The van der Waals surface area contributed by atoms with Crippen molar-refractivity contribution in [3.05, 3.63) is 29.8 Å². The first-order chi connectivity index (χ1) is 9.06. The van der Waals surface area contributed by atoms with Crippen molar-refractivity contribution in [3.63, 3.8) is 0 Å². The van der Waals surface area contributed by atoms with Crippen LogP contribution in [0.2, 0.25) is 0 Å². The second kappa shape index (κ2) is 6.06. The van der Waals surface area contributed by atoms with Crippen LogP contribution in [0.4, 0.5) is 0 Å². The smallest absolute Gasteiger partial charge is 0.223 e. The fraction of sp³-hybridized carbons (Fsp3) is 0.533. The van der Waals surface area contributed by atoms with E-state index in [2.05, 4.69) is 5.32 Å². The molecule has 4 nitrogen and oxygen atoms in total. The summed E-state index contributed by atoms with van der Waals surface area (Å²) in [6.45, 7) is 1.93. The SMILES string of the molecule is CC(NC(=O)C1CCC(N)CC1)c1cccc(O)c1. The Hall–Kier alpha value is -1.55. The first-order valence-corrected chi connectivity index (χ1v) is 6.91. The average molecular weight is 262 g/mol. The molecule has 4 N–H and O–H groups in total. The molecule has 1 aromatic carbocycles. The Morgan fingerprint density at radius 3 is 2.68 bits per heavy atom. The average Bonchev–Trinajstić information content (AvgIpc) is 2.39. The van der Waals surface area contributed by atoms with Crippen molar-refractivity contribution in [1.29, 1.82) is 0 Å². The number of carbonyl (C=O) groups excluding carboxylic acids is 1. The van der Waals surface area contributed by atoms with Gasteiger partial charge < -0.3 is 16.2 Å². The van der Waals surface area contributed by atoms with Crippen molar-refractivity contribution in [3.8, 4) is 5.75 Å². The summed E-state index contributed by atoms with van der Waals surface area (Å²) in [5.41, 5.74) is 6.76. The number of carbonyl (C=O) groups is 1. The van der Waals surface area contributed by atoms with E-state index in [9.17, 15) is 9.90 Å². The third-order valence-corrected chi connectivity index (χ3v) is 3.87. The highest BCUT2D eigenvalue weighted by molar-refractivity contribution is 5.79. The van der Waals surface area contributed by atoms with E-state index in [0.717, 1.165) is 31.2 Å². The number of phenolic OH excluding ortho intramolecular Hbond substituents is 1. The summed E-state index contributed by atoms with van der Waals surface area (Å²) in [7, 11) is 0. The number of hydrogen-bond acceptors (Lipinski definition) is 3. The van der Waals surface area contributed by atoms with Crippen molar-refractivity contribution < 1.29 is 9.90 Å². The Labute approximate surface area is 114 Å². The van der Waals surface area contributed by atoms with Gasteiger partial charge in [-0.2, -0.15) is 0 Å². The first kappa shape index (κ1) is 13.9. The molecule has 2 rings (SSSR count). The number of phenols is 1. The summed E-state index contributed by atoms with van der Waals surface area (Å²) in [6.07, 6.45) is 3.61. The van der Waals surface area contributed by atoms with E-state index in [1.165, 1.54) is 0 Å². The molecule has 1 atom stereocenters. The van der Waals surface area contributed by atoms with Gasteiger partial charge in [0.2, 0.25) is 5.91 Å². The van der Waals surface area contributed by atoms with E-state index in [1.807, 2.05) is 13.0 Å². The zero-order valence-electron chi connectivity index (χ0n) is 11.3. The monoisotopic (exact) mass is 262 g/mol. The van der Waals surface area contributed by atoms with Gasteiger partial charge >= 0.3 is 0 Å². The molecule has 1 unspecified atom stereocenters. The topological polar surface area (TPSA) is 75.4 Å². The van der Waals surface area contributed by atoms with Crippen LogP contribution < -0.4 is 11.1 Å². The second-order valence-corrected chi connectivity index (χ2v) is 5.44. The highest BCUT2D eigenvalue weighted by Crippen LogP contribution is 2.25. The molecular formula is C15H22N2O2. The molecule has 0 bridgehead atoms. The fourth-order valence-electron chi connectivity index (χ4n) is 2.59. The van der Waals surface area contributed by atoms with Gasteiger partial charge in [-0.1, -0.05) is 12.1 Å². The van der Waals surface area contributed by atoms with E-state index >= 15 is 0 Å². The van der Waals surface area contributed by atoms with E-state index < -0.39 is 0 Å². The number of nitrogens with two attached hydrogens (primary N) is 1. The Kier molecular flexibility index (Phi) is 4.43. The Morgan fingerprint density at radius 2 is 2.05 bits per heavy atom. The van der Waals surface area contributed by atoms with Crippen LogP contribution in [0.5, 0.6) is 5.75 Å². The minimum Gasteiger partial charge on any atom is -0.508 e. The predicted molar refractivity (Wildman–Crippen MR) is 74.6 cm³/mol. The van der Waals surface area contributed by atoms with Crippen LogP contribution in [-0.4, -0.2) is 17.1 Å². The van der Waals surface area contributed by atoms with Crippen LogP contribution in [0.3, 0.4) is 0 Å². The normalized spacial score (nSPS) is 24.7. The highest BCUT2D eigenvalue weighted by atomic mass is 16.3. The number of amides is 1. The molecule has 1 saturated carbocycles. The van der Waals surface area contributed by atoms with Gasteiger partial charge in [-0.15, -0.1) is 0 Å². The maximum absolute atomic E-state index is 12.2. The van der Waals surface area contributed by atoms with Crippen molar-refractivity contribution in [2.45, 2.75) is 44.7 Å². The zero-order chi connectivity index (χ0) is 13.8. The van der Waals surface area contributed by atoms with Gasteiger partial charge in [0.1, 0.15) is 5.75 Å². The standard InChI is InChI=1S/C15H22N2O2/c1-10(12-3-2-4-14(18)9-12)17-15(19)11-5-7-13(16)8-6-11/h2-4,9-11,13,18H,5-8,16H2,1H3,(H,17,19). The number of hydrogen-bond donors (Lipinski definition) is 3. The third-order valence-electron chi connectivity index (χ3n) is 3.87. The minimum atomic E-state index is -0.0878. The third kappa shape index (κ3) is 3.70. The van der Waals surface area contributed by atoms with Crippen molar-refractivity contribution in [2.24, 2.45) is 11.7 Å². The van der Waals surface area contributed by atoms with Crippen LogP contribution in [0, 0.1) is 5.92 Å². The summed E-state index contributed by atoms with van der Waals surface area (Å²) in [5, 5.41) is 12.5. The first-order valence-electron chi connectivity index (χ1n) is 6.91. The fourth-order valence-corrected chi connectivity index (χ4v) is 2.59. The molecule has 4 heteroatoms. The highest BCUT2D eigenvalue weighted by Gasteiger charge is 2.25. The van der Waals surface area contributed by atoms with Crippen molar-refractivity contribution >= 4 is 5.91 Å². The molecule has 0 aromatic heterocycles. The molecule has 1 amide bonds. The second-order valence-electron chi connectivity index (χ2n) is 5.44. The zero-order valence-corrected chi connectivity index (χ0v) is 11.3. The largest absolute Gasteiger partial charge is 0.508 e. The van der Waals surface area contributed by atoms with Gasteiger partial charge in [0.05, 0.1) is 6.04 Å². The number of benzene rings is 1. The van der Waals surface area contributed by atoms with Gasteiger partial charge in [0.25, 0.3) is 0 Å². The Balaban J connectivity index is 1.91. The van der Waals surface area contributed by atoms with Crippen LogP contribution in [0.25, 0.3) is 0 Å². The van der Waals surface area contributed by atoms with E-state index in [0.29, 0.717) is 0 Å². The molecule has 1 aliphatic carbocycles. The van der Waals surface area contributed by atoms with Gasteiger partial charge in [0, 0.05) is 12.0 Å². The quantitative estimate of drug-likeness (QED) is 0.780. The van der Waals surface area contributed by atoms with Gasteiger partial charge in [-0.3, -0.25) is 4.79 Å². The molecule has 104 valence electrons. The maximum atomic E-state index is 12.2. The molecule has 0 spiro atoms. The van der Waals surface area contributed by atoms with Crippen molar-refractivity contribution in [1.82, 2.24) is 5.32 Å². The van der Waals surface area contributed by atoms with Crippen LogP contribution in [-0.2, 0) is 4.79 Å². The molecular weight excluding hydrogens is 240 g/mol. The van der Waals surface area contributed by atoms with Crippen molar-refractivity contribution in [2.75, 3.05) is 0 Å². The van der Waals surface area contributed by atoms with Crippen LogP contribution in [0.1, 0.15) is 44.2 Å². The lowest BCUT2D eigenvalue weighted by Gasteiger charge is -2.26. The Bertz CT molecular complexity index is 440. The predicted octanol–water partition coefficient (Wildman–Crippen LogP) is 2.09. The molecule has 0 radical (unpaired) electrons. The minimum absolute atomic E-state index is 0.0829. The molecule has 0 heterocycles. The number of aromatic hydroxyl groups is 1. The van der Waals surface area contributed by atoms with Gasteiger partial charge in [0.15, 0.2) is 0 Å². The molecule has 19 heavy (non-hydrogen) atoms. The summed E-state index contributed by atoms with van der Waals surface area (Å²) in [5.74, 6) is 0.407. The number of nitrogens with one attached hydrogen (secondary N) is 1. The summed E-state index contributed by atoms with van der Waals surface area (Å²) in [6, 6.07) is 7.17. The van der Waals surface area contributed by atoms with Crippen LogP contribution >= 0.6 is 0 Å². The molecule has 1 aromatic rings. The van der Waals surface area contributed by atoms with E-state index in [-0.39, 0.29) is 29.7 Å². The van der Waals surface area contributed by atoms with E-state index in [4.69, 9.17) is 5.73 Å². The number of rotatable bonds is 3. The van der Waals surface area contributed by atoms with E-state index in [1.54, 1.807) is 18.2 Å². The maximum Gasteiger partial charge on any atom is 0.223 e. The molecule has 1 aliphatic rings. The lowest BCUT2D eigenvalue weighted by molar-refractivity contribution is -0.126. The van der Waals surface area contributed by atoms with Crippen LogP contribution in [0.15, 0.2) is 24.3 Å². The summed E-state index contributed by atoms with van der Waals surface area (Å²) in [4.78, 5) is 12.2. The molecule has 0 saturated heterocycles. The molecule has 1 fully saturated rings. The lowest BCUT2D eigenvalue weighted by Crippen LogP contribution is -2.37. The van der Waals surface area contributed by atoms with Gasteiger partial charge in [-0.25, -0.2) is 0 Å². The summed E-state index contributed by atoms with van der Waals surface area (Å²) < 4.78 is 0. The van der Waals surface area contributed by atoms with Gasteiger partial charge in [-0.05, 0) is 50.3 Å². The molecule has 0 aliphatic heterocycles. The summed E-state index contributed by atoms with van der Waals surface area (Å²) >= 11 is 0. The lowest BCUT2D eigenvalue weighted by atomic mass is 9.85. The Morgan fingerprint density at radius 1 is 1.37 bits per heavy atom.